The molecule has 5 nitrogen and oxygen atoms in total. The lowest BCUT2D eigenvalue weighted by molar-refractivity contribution is -0.137. The molecule has 0 heterocycles. The first-order valence-corrected chi connectivity index (χ1v) is 10.6. The van der Waals surface area contributed by atoms with E-state index in [0.717, 1.165) is 51.4 Å². The summed E-state index contributed by atoms with van der Waals surface area (Å²) in [5.74, 6) is -0.628. The molecule has 1 aliphatic carbocycles. The number of carboxylic acids is 1. The fourth-order valence-corrected chi connectivity index (χ4v) is 4.12. The van der Waals surface area contributed by atoms with Crippen LogP contribution >= 0.6 is 0 Å². The predicted octanol–water partition coefficient (Wildman–Crippen LogP) is 4.09. The van der Waals surface area contributed by atoms with Crippen molar-refractivity contribution in [3.63, 3.8) is 0 Å². The van der Waals surface area contributed by atoms with Crippen LogP contribution in [0.1, 0.15) is 96.8 Å². The van der Waals surface area contributed by atoms with Gasteiger partial charge in [0.05, 0.1) is 12.2 Å². The summed E-state index contributed by atoms with van der Waals surface area (Å²) in [6, 6.07) is 0. The molecule has 1 fully saturated rings. The Kier molecular flexibility index (Phi) is 11.8. The molecular formula is C21H38O5. The highest BCUT2D eigenvalue weighted by Crippen LogP contribution is 2.35. The molecule has 0 bridgehead atoms. The molecule has 152 valence electrons. The van der Waals surface area contributed by atoms with Crippen LogP contribution in [0, 0.1) is 11.8 Å². The molecule has 0 aromatic rings. The van der Waals surface area contributed by atoms with Gasteiger partial charge in [-0.1, -0.05) is 45.4 Å². The van der Waals surface area contributed by atoms with Crippen LogP contribution in [0.3, 0.4) is 0 Å². The van der Waals surface area contributed by atoms with Gasteiger partial charge in [-0.25, -0.2) is 0 Å². The van der Waals surface area contributed by atoms with E-state index < -0.39 is 12.1 Å². The molecule has 0 aromatic carbocycles. The average Bonchev–Trinajstić information content (AvgIpc) is 2.59. The van der Waals surface area contributed by atoms with Gasteiger partial charge in [-0.3, -0.25) is 9.59 Å². The third-order valence-corrected chi connectivity index (χ3v) is 5.74. The Morgan fingerprint density at radius 3 is 2.50 bits per heavy atom. The molecule has 0 saturated heterocycles. The van der Waals surface area contributed by atoms with Crippen LogP contribution in [0.4, 0.5) is 0 Å². The number of aliphatic carboxylic acids is 1. The summed E-state index contributed by atoms with van der Waals surface area (Å²) in [5, 5.41) is 29.2. The van der Waals surface area contributed by atoms with Crippen molar-refractivity contribution >= 4 is 11.8 Å². The zero-order valence-corrected chi connectivity index (χ0v) is 16.4. The molecule has 26 heavy (non-hydrogen) atoms. The van der Waals surface area contributed by atoms with Crippen LogP contribution < -0.4 is 0 Å². The second kappa shape index (κ2) is 13.3. The lowest BCUT2D eigenvalue weighted by Crippen LogP contribution is -2.38. The summed E-state index contributed by atoms with van der Waals surface area (Å²) in [4.78, 5) is 22.9. The van der Waals surface area contributed by atoms with Crippen molar-refractivity contribution in [3.05, 3.63) is 0 Å². The fraction of sp³-hybridized carbons (Fsp3) is 0.905. The number of Topliss-reactive ketones (excluding diaryl/α,β-unsaturated/α-hetero) is 1. The lowest BCUT2D eigenvalue weighted by Gasteiger charge is -2.35. The monoisotopic (exact) mass is 370 g/mol. The first kappa shape index (κ1) is 23.1. The molecular weight excluding hydrogens is 332 g/mol. The van der Waals surface area contributed by atoms with E-state index in [4.69, 9.17) is 5.11 Å². The van der Waals surface area contributed by atoms with Crippen LogP contribution in [0.2, 0.25) is 0 Å². The molecule has 3 N–H and O–H groups in total. The van der Waals surface area contributed by atoms with Gasteiger partial charge < -0.3 is 15.3 Å². The van der Waals surface area contributed by atoms with E-state index in [0.29, 0.717) is 32.1 Å². The Hall–Kier alpha value is -0.940. The number of hydrogen-bond acceptors (Lipinski definition) is 4. The average molecular weight is 371 g/mol. The maximum Gasteiger partial charge on any atom is 0.303 e. The van der Waals surface area contributed by atoms with Gasteiger partial charge in [0.1, 0.15) is 5.78 Å². The van der Waals surface area contributed by atoms with Crippen molar-refractivity contribution in [3.8, 4) is 0 Å². The molecule has 1 rings (SSSR count). The topological polar surface area (TPSA) is 94.8 Å². The van der Waals surface area contributed by atoms with E-state index in [-0.39, 0.29) is 30.1 Å². The molecule has 0 aromatic heterocycles. The minimum Gasteiger partial charge on any atom is -0.481 e. The summed E-state index contributed by atoms with van der Waals surface area (Å²) >= 11 is 0. The summed E-state index contributed by atoms with van der Waals surface area (Å²) in [6.07, 6.45) is 10.1. The van der Waals surface area contributed by atoms with Gasteiger partial charge in [0.2, 0.25) is 0 Å². The zero-order valence-electron chi connectivity index (χ0n) is 16.4. The highest BCUT2D eigenvalue weighted by atomic mass is 16.4. The van der Waals surface area contributed by atoms with E-state index in [9.17, 15) is 19.8 Å². The van der Waals surface area contributed by atoms with Crippen molar-refractivity contribution in [2.24, 2.45) is 11.8 Å². The maximum absolute atomic E-state index is 12.4. The van der Waals surface area contributed by atoms with Gasteiger partial charge >= 0.3 is 5.97 Å². The van der Waals surface area contributed by atoms with E-state index in [1.807, 2.05) is 0 Å². The van der Waals surface area contributed by atoms with Gasteiger partial charge in [0.25, 0.3) is 0 Å². The molecule has 4 atom stereocenters. The smallest absolute Gasteiger partial charge is 0.303 e. The first-order valence-electron chi connectivity index (χ1n) is 10.6. The number of carbonyl (C=O) groups is 2. The number of aliphatic hydroxyl groups excluding tert-OH is 2. The molecule has 1 unspecified atom stereocenters. The maximum atomic E-state index is 12.4. The number of hydrogen-bond donors (Lipinski definition) is 3. The number of unbranched alkanes of at least 4 members (excludes halogenated alkanes) is 5. The fourth-order valence-electron chi connectivity index (χ4n) is 4.12. The summed E-state index contributed by atoms with van der Waals surface area (Å²) in [7, 11) is 0. The molecule has 0 radical (unpaired) electrons. The van der Waals surface area contributed by atoms with Crippen molar-refractivity contribution < 1.29 is 24.9 Å². The lowest BCUT2D eigenvalue weighted by atomic mass is 9.71. The number of rotatable bonds is 14. The second-order valence-corrected chi connectivity index (χ2v) is 7.92. The second-order valence-electron chi connectivity index (χ2n) is 7.92. The third kappa shape index (κ3) is 9.13. The van der Waals surface area contributed by atoms with E-state index in [1.54, 1.807) is 0 Å². The highest BCUT2D eigenvalue weighted by molar-refractivity contribution is 5.82. The van der Waals surface area contributed by atoms with Crippen molar-refractivity contribution in [2.75, 3.05) is 0 Å². The van der Waals surface area contributed by atoms with Crippen molar-refractivity contribution in [1.29, 1.82) is 0 Å². The molecule has 0 spiro atoms. The third-order valence-electron chi connectivity index (χ3n) is 5.74. The van der Waals surface area contributed by atoms with E-state index in [1.165, 1.54) is 0 Å². The Morgan fingerprint density at radius 1 is 1.08 bits per heavy atom. The minimum atomic E-state index is -0.756. The van der Waals surface area contributed by atoms with Gasteiger partial charge in [-0.2, -0.15) is 0 Å². The molecule has 1 aliphatic rings. The van der Waals surface area contributed by atoms with Crippen LogP contribution in [0.25, 0.3) is 0 Å². The van der Waals surface area contributed by atoms with Crippen molar-refractivity contribution in [1.82, 2.24) is 0 Å². The Bertz CT molecular complexity index is 409. The number of carboxylic acid groups (broad SMARTS) is 1. The Labute approximate surface area is 158 Å². The van der Waals surface area contributed by atoms with Gasteiger partial charge in [0, 0.05) is 18.8 Å². The van der Waals surface area contributed by atoms with Gasteiger partial charge in [0.15, 0.2) is 0 Å². The highest BCUT2D eigenvalue weighted by Gasteiger charge is 2.37. The number of carbonyl (C=O) groups excluding carboxylic acids is 1. The SMILES string of the molecule is CCCCCC(O)CC[C@H]1[C@H](O)CCC(=O)[C@@H]1CCCCCCC(=O)O. The van der Waals surface area contributed by atoms with Gasteiger partial charge in [-0.05, 0) is 44.4 Å². The molecule has 1 saturated carbocycles. The number of ketones is 1. The van der Waals surface area contributed by atoms with Crippen LogP contribution in [0.5, 0.6) is 0 Å². The van der Waals surface area contributed by atoms with E-state index >= 15 is 0 Å². The van der Waals surface area contributed by atoms with Crippen LogP contribution in [0.15, 0.2) is 0 Å². The Balaban J connectivity index is 2.38. The molecule has 0 amide bonds. The van der Waals surface area contributed by atoms with Crippen LogP contribution in [-0.4, -0.2) is 39.3 Å². The van der Waals surface area contributed by atoms with Gasteiger partial charge in [-0.15, -0.1) is 0 Å². The quantitative estimate of drug-likeness (QED) is 0.400. The number of aliphatic hydroxyl groups is 2. The molecule has 5 heteroatoms. The summed E-state index contributed by atoms with van der Waals surface area (Å²) in [5.41, 5.74) is 0. The largest absolute Gasteiger partial charge is 0.481 e. The van der Waals surface area contributed by atoms with E-state index in [2.05, 4.69) is 6.92 Å². The standard InChI is InChI=1S/C21H38O5/c1-2-3-6-9-16(22)12-13-18-17(19(23)14-15-20(18)24)10-7-4-5-8-11-21(25)26/h16-18,20,22,24H,2-15H2,1H3,(H,25,26)/t16?,17-,18-,20-/m1/s1. The normalized spacial score (nSPS) is 24.6. The summed E-state index contributed by atoms with van der Waals surface area (Å²) in [6.45, 7) is 2.14. The summed E-state index contributed by atoms with van der Waals surface area (Å²) < 4.78 is 0. The Morgan fingerprint density at radius 2 is 1.81 bits per heavy atom. The first-order chi connectivity index (χ1) is 12.5. The molecule has 0 aliphatic heterocycles. The van der Waals surface area contributed by atoms with Crippen LogP contribution in [-0.2, 0) is 9.59 Å². The zero-order chi connectivity index (χ0) is 19.4. The van der Waals surface area contributed by atoms with Crippen molar-refractivity contribution in [2.45, 2.75) is 109 Å². The minimum absolute atomic E-state index is 0.0314. The predicted molar refractivity (Wildman–Crippen MR) is 102 cm³/mol.